The van der Waals surface area contributed by atoms with E-state index in [-0.39, 0.29) is 34.1 Å². The first-order chi connectivity index (χ1) is 13.2. The standard InChI is InChI=1S/C21H22O7/c1-10(2)4-6-13-16(27-3)9-15(24)17-18(25)19(26)21(28-20(13)17)12-7-5-11(22)8-14(12)23/h4-5,7-9,19,21-24,26H,6H2,1-3H3/t19-,21+/m0/s1. The lowest BCUT2D eigenvalue weighted by Gasteiger charge is -2.32. The summed E-state index contributed by atoms with van der Waals surface area (Å²) in [6.45, 7) is 3.85. The Balaban J connectivity index is 2.18. The van der Waals surface area contributed by atoms with Crippen LogP contribution in [0, 0.1) is 0 Å². The first-order valence-electron chi connectivity index (χ1n) is 8.71. The zero-order chi connectivity index (χ0) is 20.6. The Morgan fingerprint density at radius 2 is 1.89 bits per heavy atom. The average molecular weight is 386 g/mol. The molecule has 0 radical (unpaired) electrons. The molecule has 0 saturated carbocycles. The van der Waals surface area contributed by atoms with Crippen molar-refractivity contribution in [2.45, 2.75) is 32.5 Å². The second kappa shape index (κ2) is 7.44. The molecule has 1 aliphatic rings. The maximum absolute atomic E-state index is 12.8. The monoisotopic (exact) mass is 386 g/mol. The highest BCUT2D eigenvalue weighted by Gasteiger charge is 2.41. The summed E-state index contributed by atoms with van der Waals surface area (Å²) < 4.78 is 11.3. The van der Waals surface area contributed by atoms with E-state index in [9.17, 15) is 25.2 Å². The van der Waals surface area contributed by atoms with Gasteiger partial charge in [-0.15, -0.1) is 0 Å². The minimum absolute atomic E-state index is 0.0992. The fourth-order valence-electron chi connectivity index (χ4n) is 3.20. The normalized spacial score (nSPS) is 18.2. The molecule has 1 heterocycles. The van der Waals surface area contributed by atoms with Gasteiger partial charge in [0.1, 0.15) is 34.3 Å². The van der Waals surface area contributed by atoms with E-state index in [0.717, 1.165) is 11.6 Å². The SMILES string of the molecule is COc1cc(O)c2c(c1CC=C(C)C)O[C@H](c1ccc(O)cc1O)[C@@H](O)C2=O. The van der Waals surface area contributed by atoms with Crippen molar-refractivity contribution in [1.82, 2.24) is 0 Å². The number of ether oxygens (including phenoxy) is 2. The summed E-state index contributed by atoms with van der Waals surface area (Å²) in [6.07, 6.45) is -0.552. The summed E-state index contributed by atoms with van der Waals surface area (Å²) >= 11 is 0. The maximum atomic E-state index is 12.8. The summed E-state index contributed by atoms with van der Waals surface area (Å²) in [6, 6.07) is 5.10. The fraction of sp³-hybridized carbons (Fsp3) is 0.286. The number of hydrogen-bond donors (Lipinski definition) is 4. The van der Waals surface area contributed by atoms with Gasteiger partial charge >= 0.3 is 0 Å². The first kappa shape index (κ1) is 19.6. The molecule has 4 N–H and O–H groups in total. The molecule has 0 fully saturated rings. The van der Waals surface area contributed by atoms with Gasteiger partial charge in [0.05, 0.1) is 7.11 Å². The summed E-state index contributed by atoms with van der Waals surface area (Å²) in [5.74, 6) is -1.13. The second-order valence-corrected chi connectivity index (χ2v) is 6.86. The number of carbonyl (C=O) groups is 1. The van der Waals surface area contributed by atoms with E-state index in [1.807, 2.05) is 19.9 Å². The number of phenols is 3. The first-order valence-corrected chi connectivity index (χ1v) is 8.71. The molecule has 0 amide bonds. The number of Topliss-reactive ketones (excluding diaryl/α,β-unsaturated/α-hetero) is 1. The number of carbonyl (C=O) groups excluding carboxylic acids is 1. The van der Waals surface area contributed by atoms with Gasteiger partial charge in [-0.1, -0.05) is 11.6 Å². The van der Waals surface area contributed by atoms with Crippen LogP contribution in [0.4, 0.5) is 0 Å². The van der Waals surface area contributed by atoms with E-state index in [1.165, 1.54) is 25.3 Å². The lowest BCUT2D eigenvalue weighted by atomic mass is 9.90. The number of allylic oxidation sites excluding steroid dienone is 2. The molecule has 7 heteroatoms. The van der Waals surface area contributed by atoms with E-state index in [2.05, 4.69) is 0 Å². The minimum Gasteiger partial charge on any atom is -0.508 e. The molecule has 1 aliphatic heterocycles. The van der Waals surface area contributed by atoms with Crippen LogP contribution in [0.5, 0.6) is 28.7 Å². The maximum Gasteiger partial charge on any atom is 0.202 e. The molecule has 7 nitrogen and oxygen atoms in total. The Labute approximate surface area is 162 Å². The molecular formula is C21H22O7. The van der Waals surface area contributed by atoms with Crippen LogP contribution in [0.3, 0.4) is 0 Å². The molecule has 2 aromatic carbocycles. The van der Waals surface area contributed by atoms with Crippen LogP contribution in [0.15, 0.2) is 35.9 Å². The van der Waals surface area contributed by atoms with Crippen LogP contribution in [0.1, 0.15) is 41.4 Å². The van der Waals surface area contributed by atoms with E-state index < -0.39 is 18.0 Å². The minimum atomic E-state index is -1.64. The molecular weight excluding hydrogens is 364 g/mol. The van der Waals surface area contributed by atoms with Crippen molar-refractivity contribution in [3.63, 3.8) is 0 Å². The third kappa shape index (κ3) is 3.36. The van der Waals surface area contributed by atoms with Gasteiger partial charge in [-0.3, -0.25) is 4.79 Å². The van der Waals surface area contributed by atoms with Gasteiger partial charge in [-0.2, -0.15) is 0 Å². The third-order valence-electron chi connectivity index (χ3n) is 4.62. The van der Waals surface area contributed by atoms with E-state index in [4.69, 9.17) is 9.47 Å². The molecule has 0 unspecified atom stereocenters. The van der Waals surface area contributed by atoms with E-state index in [0.29, 0.717) is 17.7 Å². The van der Waals surface area contributed by atoms with Gasteiger partial charge in [0.25, 0.3) is 0 Å². The van der Waals surface area contributed by atoms with Crippen LogP contribution in [-0.4, -0.2) is 39.4 Å². The van der Waals surface area contributed by atoms with Gasteiger partial charge in [-0.25, -0.2) is 0 Å². The van der Waals surface area contributed by atoms with Gasteiger partial charge in [-0.05, 0) is 32.4 Å². The smallest absolute Gasteiger partial charge is 0.202 e. The number of rotatable bonds is 4. The topological polar surface area (TPSA) is 116 Å². The predicted molar refractivity (Wildman–Crippen MR) is 101 cm³/mol. The van der Waals surface area contributed by atoms with Crippen molar-refractivity contribution in [1.29, 1.82) is 0 Å². The Kier molecular flexibility index (Phi) is 5.20. The lowest BCUT2D eigenvalue weighted by Crippen LogP contribution is -2.36. The Hall–Kier alpha value is -3.19. The van der Waals surface area contributed by atoms with Crippen LogP contribution in [-0.2, 0) is 6.42 Å². The highest BCUT2D eigenvalue weighted by Crippen LogP contribution is 2.47. The summed E-state index contributed by atoms with van der Waals surface area (Å²) in [5, 5.41) is 40.5. The molecule has 148 valence electrons. The van der Waals surface area contributed by atoms with Crippen molar-refractivity contribution in [2.75, 3.05) is 7.11 Å². The molecule has 28 heavy (non-hydrogen) atoms. The van der Waals surface area contributed by atoms with E-state index in [1.54, 1.807) is 0 Å². The van der Waals surface area contributed by atoms with Crippen LogP contribution >= 0.6 is 0 Å². The number of methoxy groups -OCH3 is 1. The molecule has 0 aliphatic carbocycles. The Bertz CT molecular complexity index is 958. The number of phenolic OH excluding ortho intramolecular Hbond substituents is 3. The summed E-state index contributed by atoms with van der Waals surface area (Å²) in [4.78, 5) is 12.8. The Morgan fingerprint density at radius 3 is 2.50 bits per heavy atom. The number of hydrogen-bond acceptors (Lipinski definition) is 7. The molecule has 2 aromatic rings. The van der Waals surface area contributed by atoms with Crippen LogP contribution in [0.25, 0.3) is 0 Å². The molecule has 0 spiro atoms. The van der Waals surface area contributed by atoms with Gasteiger partial charge in [0.2, 0.25) is 5.78 Å². The fourth-order valence-corrected chi connectivity index (χ4v) is 3.20. The summed E-state index contributed by atoms with van der Waals surface area (Å²) in [7, 11) is 1.44. The van der Waals surface area contributed by atoms with Crippen molar-refractivity contribution in [3.05, 3.63) is 52.6 Å². The van der Waals surface area contributed by atoms with Gasteiger partial charge in [0.15, 0.2) is 12.2 Å². The zero-order valence-corrected chi connectivity index (χ0v) is 15.8. The highest BCUT2D eigenvalue weighted by atomic mass is 16.5. The number of aromatic hydroxyl groups is 3. The van der Waals surface area contributed by atoms with Crippen LogP contribution < -0.4 is 9.47 Å². The quantitative estimate of drug-likeness (QED) is 0.597. The van der Waals surface area contributed by atoms with Crippen molar-refractivity contribution in [3.8, 4) is 28.7 Å². The number of benzene rings is 2. The van der Waals surface area contributed by atoms with Crippen LogP contribution in [0.2, 0.25) is 0 Å². The number of ketones is 1. The number of aliphatic hydroxyl groups excluding tert-OH is 1. The largest absolute Gasteiger partial charge is 0.508 e. The molecule has 3 rings (SSSR count). The number of aliphatic hydroxyl groups is 1. The van der Waals surface area contributed by atoms with Crippen molar-refractivity contribution < 1.29 is 34.7 Å². The Morgan fingerprint density at radius 1 is 1.18 bits per heavy atom. The van der Waals surface area contributed by atoms with Crippen molar-refractivity contribution in [2.24, 2.45) is 0 Å². The molecule has 0 aromatic heterocycles. The van der Waals surface area contributed by atoms with Crippen molar-refractivity contribution >= 4 is 5.78 Å². The third-order valence-corrected chi connectivity index (χ3v) is 4.62. The molecule has 2 atom stereocenters. The lowest BCUT2D eigenvalue weighted by molar-refractivity contribution is 0.0198. The zero-order valence-electron chi connectivity index (χ0n) is 15.8. The predicted octanol–water partition coefficient (Wildman–Crippen LogP) is 3.00. The van der Waals surface area contributed by atoms with Gasteiger partial charge in [0, 0.05) is 23.3 Å². The second-order valence-electron chi connectivity index (χ2n) is 6.86. The molecule has 0 saturated heterocycles. The highest BCUT2D eigenvalue weighted by molar-refractivity contribution is 6.06. The van der Waals surface area contributed by atoms with Gasteiger partial charge < -0.3 is 29.9 Å². The average Bonchev–Trinajstić information content (AvgIpc) is 2.63. The number of fused-ring (bicyclic) bond motifs is 1. The van der Waals surface area contributed by atoms with E-state index >= 15 is 0 Å². The summed E-state index contributed by atoms with van der Waals surface area (Å²) in [5.41, 5.74) is 1.60. The molecule has 0 bridgehead atoms.